The Morgan fingerprint density at radius 1 is 1.33 bits per heavy atom. The van der Waals surface area contributed by atoms with Crippen LogP contribution in [0.5, 0.6) is 5.75 Å². The number of nitrogens with zero attached hydrogens (tertiary/aromatic N) is 1. The van der Waals surface area contributed by atoms with E-state index in [-0.39, 0.29) is 4.60 Å². The van der Waals surface area contributed by atoms with Gasteiger partial charge in [0.2, 0.25) is 0 Å². The van der Waals surface area contributed by atoms with E-state index in [2.05, 4.69) is 25.7 Å². The molecule has 0 unspecified atom stereocenters. The quantitative estimate of drug-likeness (QED) is 0.612. The van der Waals surface area contributed by atoms with Crippen molar-refractivity contribution in [3.8, 4) is 5.75 Å². The third-order valence-corrected chi connectivity index (χ3v) is 1.98. The molecule has 0 aliphatic heterocycles. The van der Waals surface area contributed by atoms with E-state index in [1.54, 1.807) is 0 Å². The average Bonchev–Trinajstić information content (AvgIpc) is 1.99. The normalized spacial score (nSPS) is 11.9. The average molecular weight is 292 g/mol. The molecule has 2 nitrogen and oxygen atoms in total. The van der Waals surface area contributed by atoms with E-state index in [1.807, 2.05) is 0 Å². The molecule has 1 rings (SSSR count). The molecule has 15 heavy (non-hydrogen) atoms. The van der Waals surface area contributed by atoms with Crippen molar-refractivity contribution in [3.63, 3.8) is 0 Å². The van der Waals surface area contributed by atoms with Gasteiger partial charge in [-0.05, 0) is 22.0 Å². The van der Waals surface area contributed by atoms with E-state index in [0.29, 0.717) is 0 Å². The van der Waals surface area contributed by atoms with Crippen molar-refractivity contribution in [1.82, 2.24) is 4.98 Å². The summed E-state index contributed by atoms with van der Waals surface area (Å²) in [7, 11) is 0. The van der Waals surface area contributed by atoms with Gasteiger partial charge in [-0.25, -0.2) is 13.8 Å². The van der Waals surface area contributed by atoms with Gasteiger partial charge in [0.15, 0.2) is 0 Å². The fourth-order valence-corrected chi connectivity index (χ4v) is 1.33. The first kappa shape index (κ1) is 12.2. The minimum atomic E-state index is -5.01. The Bertz CT molecular complexity index is 354. The van der Waals surface area contributed by atoms with Crippen molar-refractivity contribution in [2.45, 2.75) is 12.8 Å². The van der Waals surface area contributed by atoms with E-state index in [0.717, 1.165) is 12.3 Å². The molecule has 0 aromatic carbocycles. The minimum absolute atomic E-state index is 0.376. The Morgan fingerprint density at radius 3 is 2.40 bits per heavy atom. The first-order chi connectivity index (χ1) is 6.81. The Hall–Kier alpha value is -0.920. The van der Waals surface area contributed by atoms with E-state index in [1.165, 1.54) is 0 Å². The van der Waals surface area contributed by atoms with Crippen LogP contribution >= 0.6 is 15.9 Å². The molecule has 84 valence electrons. The molecular weight excluding hydrogens is 289 g/mol. The second kappa shape index (κ2) is 4.30. The predicted octanol–water partition coefficient (Wildman–Crippen LogP) is 3.68. The van der Waals surface area contributed by atoms with Crippen molar-refractivity contribution in [3.05, 3.63) is 22.4 Å². The van der Waals surface area contributed by atoms with Gasteiger partial charge in [0, 0.05) is 6.20 Å². The molecule has 0 spiro atoms. The Labute approximate surface area is 89.2 Å². The lowest BCUT2D eigenvalue weighted by Crippen LogP contribution is -2.18. The number of hydrogen-bond acceptors (Lipinski definition) is 2. The molecule has 0 aliphatic rings. The van der Waals surface area contributed by atoms with Gasteiger partial charge >= 0.3 is 6.36 Å². The zero-order valence-electron chi connectivity index (χ0n) is 6.86. The molecule has 0 amide bonds. The maximum atomic E-state index is 12.3. The molecule has 0 saturated carbocycles. The highest BCUT2D eigenvalue weighted by Gasteiger charge is 2.34. The van der Waals surface area contributed by atoms with Crippen molar-refractivity contribution in [2.24, 2.45) is 0 Å². The zero-order chi connectivity index (χ0) is 11.6. The molecule has 0 aliphatic carbocycles. The lowest BCUT2D eigenvalue weighted by molar-refractivity contribution is -0.275. The Kier molecular flexibility index (Phi) is 3.48. The van der Waals surface area contributed by atoms with E-state index >= 15 is 0 Å². The smallest absolute Gasteiger partial charge is 0.405 e. The maximum Gasteiger partial charge on any atom is 0.573 e. The first-order valence-corrected chi connectivity index (χ1v) is 4.29. The van der Waals surface area contributed by atoms with Crippen molar-refractivity contribution >= 4 is 15.9 Å². The third kappa shape index (κ3) is 3.29. The monoisotopic (exact) mass is 291 g/mol. The van der Waals surface area contributed by atoms with Gasteiger partial charge in [0.05, 0.1) is 5.56 Å². The van der Waals surface area contributed by atoms with Gasteiger partial charge in [-0.15, -0.1) is 13.2 Å². The summed E-state index contributed by atoms with van der Waals surface area (Å²) >= 11 is 2.62. The number of hydrogen-bond donors (Lipinski definition) is 0. The van der Waals surface area contributed by atoms with Gasteiger partial charge in [0.1, 0.15) is 10.4 Å². The number of halogens is 6. The van der Waals surface area contributed by atoms with E-state index < -0.39 is 24.1 Å². The molecule has 1 aromatic heterocycles. The summed E-state index contributed by atoms with van der Waals surface area (Å²) in [5, 5.41) is 0. The predicted molar refractivity (Wildman–Crippen MR) is 43.6 cm³/mol. The third-order valence-electron chi connectivity index (χ3n) is 1.35. The fourth-order valence-electron chi connectivity index (χ4n) is 0.843. The summed E-state index contributed by atoms with van der Waals surface area (Å²) in [5.41, 5.74) is -0.921. The van der Waals surface area contributed by atoms with Gasteiger partial charge < -0.3 is 4.74 Å². The largest absolute Gasteiger partial charge is 0.573 e. The minimum Gasteiger partial charge on any atom is -0.405 e. The molecule has 0 saturated heterocycles. The molecule has 0 bridgehead atoms. The van der Waals surface area contributed by atoms with Crippen LogP contribution in [0.1, 0.15) is 12.0 Å². The molecule has 1 aromatic rings. The van der Waals surface area contributed by atoms with Gasteiger partial charge in [-0.3, -0.25) is 0 Å². The number of rotatable bonds is 2. The van der Waals surface area contributed by atoms with Crippen molar-refractivity contribution in [2.75, 3.05) is 0 Å². The number of aromatic nitrogens is 1. The molecule has 1 heterocycles. The standard InChI is InChI=1S/C7H3BrF5NO/c8-5-4(6(9)10)3(1-2-14-5)15-7(11,12)13/h1-2,6H. The van der Waals surface area contributed by atoms with Crippen LogP contribution in [0.4, 0.5) is 22.0 Å². The van der Waals surface area contributed by atoms with Crippen LogP contribution in [0.15, 0.2) is 16.9 Å². The lowest BCUT2D eigenvalue weighted by atomic mass is 10.3. The molecule has 0 radical (unpaired) electrons. The Morgan fingerprint density at radius 2 is 1.93 bits per heavy atom. The highest BCUT2D eigenvalue weighted by Crippen LogP contribution is 2.36. The zero-order valence-corrected chi connectivity index (χ0v) is 8.44. The van der Waals surface area contributed by atoms with Crippen molar-refractivity contribution in [1.29, 1.82) is 0 Å². The molecular formula is C7H3BrF5NO. The second-order valence-corrected chi connectivity index (χ2v) is 3.11. The van der Waals surface area contributed by atoms with E-state index in [9.17, 15) is 22.0 Å². The van der Waals surface area contributed by atoms with Crippen LogP contribution in [-0.2, 0) is 0 Å². The number of pyridine rings is 1. The summed E-state index contributed by atoms with van der Waals surface area (Å²) in [6.45, 7) is 0. The van der Waals surface area contributed by atoms with Crippen LogP contribution in [-0.4, -0.2) is 11.3 Å². The maximum absolute atomic E-state index is 12.3. The summed E-state index contributed by atoms with van der Waals surface area (Å²) in [6, 6.07) is 0.722. The van der Waals surface area contributed by atoms with Crippen molar-refractivity contribution < 1.29 is 26.7 Å². The van der Waals surface area contributed by atoms with Gasteiger partial charge in [0.25, 0.3) is 6.43 Å². The van der Waals surface area contributed by atoms with Crippen LogP contribution < -0.4 is 4.74 Å². The summed E-state index contributed by atoms with van der Waals surface area (Å²) in [5.74, 6) is -0.959. The molecule has 0 atom stereocenters. The van der Waals surface area contributed by atoms with Gasteiger partial charge in [-0.2, -0.15) is 0 Å². The number of ether oxygens (including phenoxy) is 1. The Balaban J connectivity index is 3.12. The van der Waals surface area contributed by atoms with Gasteiger partial charge in [-0.1, -0.05) is 0 Å². The highest BCUT2D eigenvalue weighted by molar-refractivity contribution is 9.10. The summed E-state index contributed by atoms with van der Waals surface area (Å²) in [6.07, 6.45) is -7.19. The molecule has 8 heteroatoms. The highest BCUT2D eigenvalue weighted by atomic mass is 79.9. The van der Waals surface area contributed by atoms with Crippen LogP contribution in [0.25, 0.3) is 0 Å². The van der Waals surface area contributed by atoms with Crippen LogP contribution in [0.2, 0.25) is 0 Å². The topological polar surface area (TPSA) is 22.1 Å². The van der Waals surface area contributed by atoms with E-state index in [4.69, 9.17) is 0 Å². The SMILES string of the molecule is FC(F)c1c(OC(F)(F)F)ccnc1Br. The second-order valence-electron chi connectivity index (χ2n) is 2.36. The number of alkyl halides is 5. The molecule has 0 N–H and O–H groups in total. The summed E-state index contributed by atoms with van der Waals surface area (Å²) < 4.78 is 63.2. The first-order valence-electron chi connectivity index (χ1n) is 3.49. The lowest BCUT2D eigenvalue weighted by Gasteiger charge is -2.13. The summed E-state index contributed by atoms with van der Waals surface area (Å²) in [4.78, 5) is 3.38. The van der Waals surface area contributed by atoms with Crippen LogP contribution in [0.3, 0.4) is 0 Å². The van der Waals surface area contributed by atoms with Crippen LogP contribution in [0, 0.1) is 0 Å². The molecule has 0 fully saturated rings. The fraction of sp³-hybridized carbons (Fsp3) is 0.286.